The Labute approximate surface area is 91.8 Å². The zero-order valence-corrected chi connectivity index (χ0v) is 9.13. The molecule has 0 aromatic carbocycles. The fourth-order valence-corrected chi connectivity index (χ4v) is 1.18. The lowest BCUT2D eigenvalue weighted by Gasteiger charge is -2.08. The monoisotopic (exact) mass is 230 g/mol. The van der Waals surface area contributed by atoms with E-state index in [0.29, 0.717) is 12.4 Å². The van der Waals surface area contributed by atoms with Crippen LogP contribution in [0.2, 0.25) is 5.15 Å². The second kappa shape index (κ2) is 4.79. The molecular formula is C8H11ClN4O2. The van der Waals surface area contributed by atoms with E-state index in [0.717, 1.165) is 0 Å². The lowest BCUT2D eigenvalue weighted by molar-refractivity contribution is 0.0991. The number of nitrogens with one attached hydrogen (secondary N) is 1. The molecule has 0 radical (unpaired) electrons. The van der Waals surface area contributed by atoms with Gasteiger partial charge in [-0.2, -0.15) is 4.98 Å². The summed E-state index contributed by atoms with van der Waals surface area (Å²) in [6.07, 6.45) is 0. The van der Waals surface area contributed by atoms with Crippen molar-refractivity contribution in [3.05, 3.63) is 10.8 Å². The van der Waals surface area contributed by atoms with Crippen molar-refractivity contribution >= 4 is 23.3 Å². The lowest BCUT2D eigenvalue weighted by Crippen LogP contribution is -2.16. The van der Waals surface area contributed by atoms with Crippen LogP contribution in [0.4, 0.5) is 5.82 Å². The largest absolute Gasteiger partial charge is 0.479 e. The fraction of sp³-hybridized carbons (Fsp3) is 0.375. The Bertz CT molecular complexity index is 383. The van der Waals surface area contributed by atoms with Gasteiger partial charge in [-0.15, -0.1) is 0 Å². The Morgan fingerprint density at radius 2 is 2.27 bits per heavy atom. The standard InChI is InChI=1S/C8H11ClN4O2/c1-3-11-7-5(9)12-4(6(10)14)8(13-7)15-2/h3H2,1-2H3,(H2,10,14)(H,11,13). The van der Waals surface area contributed by atoms with Gasteiger partial charge in [-0.1, -0.05) is 11.6 Å². The van der Waals surface area contributed by atoms with Crippen molar-refractivity contribution in [1.29, 1.82) is 0 Å². The van der Waals surface area contributed by atoms with Crippen molar-refractivity contribution in [1.82, 2.24) is 9.97 Å². The predicted octanol–water partition coefficient (Wildman–Crippen LogP) is 0.669. The van der Waals surface area contributed by atoms with Crippen LogP contribution in [0, 0.1) is 0 Å². The van der Waals surface area contributed by atoms with Gasteiger partial charge in [0.25, 0.3) is 5.91 Å². The number of primary amides is 1. The molecular weight excluding hydrogens is 220 g/mol. The number of halogens is 1. The number of methoxy groups -OCH3 is 1. The minimum atomic E-state index is -0.732. The Hall–Kier alpha value is -1.56. The molecule has 0 aliphatic carbocycles. The van der Waals surface area contributed by atoms with Gasteiger partial charge in [0.05, 0.1) is 7.11 Å². The van der Waals surface area contributed by atoms with Crippen molar-refractivity contribution in [3.63, 3.8) is 0 Å². The molecule has 82 valence electrons. The molecule has 1 aromatic rings. The molecule has 0 spiro atoms. The molecule has 1 amide bonds. The highest BCUT2D eigenvalue weighted by atomic mass is 35.5. The van der Waals surface area contributed by atoms with E-state index in [9.17, 15) is 4.79 Å². The molecule has 0 saturated heterocycles. The Morgan fingerprint density at radius 1 is 1.60 bits per heavy atom. The van der Waals surface area contributed by atoms with Gasteiger partial charge >= 0.3 is 0 Å². The molecule has 0 aliphatic rings. The summed E-state index contributed by atoms with van der Waals surface area (Å²) in [7, 11) is 1.38. The first-order valence-corrected chi connectivity index (χ1v) is 4.63. The summed E-state index contributed by atoms with van der Waals surface area (Å²) in [4.78, 5) is 18.7. The molecule has 0 aliphatic heterocycles. The smallest absolute Gasteiger partial charge is 0.273 e. The highest BCUT2D eigenvalue weighted by Crippen LogP contribution is 2.22. The summed E-state index contributed by atoms with van der Waals surface area (Å²) in [6.45, 7) is 2.51. The maximum atomic E-state index is 11.0. The van der Waals surface area contributed by atoms with E-state index in [-0.39, 0.29) is 16.7 Å². The summed E-state index contributed by atoms with van der Waals surface area (Å²) in [5.41, 5.74) is 5.00. The molecule has 0 atom stereocenters. The van der Waals surface area contributed by atoms with Crippen LogP contribution in [0.3, 0.4) is 0 Å². The van der Waals surface area contributed by atoms with Gasteiger partial charge in [-0.05, 0) is 6.92 Å². The average Bonchev–Trinajstić information content (AvgIpc) is 2.20. The Kier molecular flexibility index (Phi) is 3.68. The third-order valence-electron chi connectivity index (χ3n) is 1.59. The van der Waals surface area contributed by atoms with Crippen molar-refractivity contribution in [2.75, 3.05) is 19.0 Å². The van der Waals surface area contributed by atoms with Gasteiger partial charge in [-0.25, -0.2) is 4.98 Å². The fourth-order valence-electron chi connectivity index (χ4n) is 0.982. The zero-order valence-electron chi connectivity index (χ0n) is 8.37. The SMILES string of the molecule is CCNc1nc(OC)c(C(N)=O)nc1Cl. The maximum Gasteiger partial charge on any atom is 0.273 e. The van der Waals surface area contributed by atoms with Crippen LogP contribution in [0.25, 0.3) is 0 Å². The molecule has 0 saturated carbocycles. The normalized spacial score (nSPS) is 9.80. The third-order valence-corrected chi connectivity index (χ3v) is 1.86. The van der Waals surface area contributed by atoms with Crippen LogP contribution in [0.1, 0.15) is 17.4 Å². The molecule has 3 N–H and O–H groups in total. The third kappa shape index (κ3) is 2.47. The molecule has 6 nitrogen and oxygen atoms in total. The minimum absolute atomic E-state index is 0.0582. The van der Waals surface area contributed by atoms with E-state index < -0.39 is 5.91 Å². The van der Waals surface area contributed by atoms with Crippen LogP contribution < -0.4 is 15.8 Å². The molecule has 7 heteroatoms. The van der Waals surface area contributed by atoms with E-state index in [2.05, 4.69) is 15.3 Å². The topological polar surface area (TPSA) is 90.1 Å². The number of ether oxygens (including phenoxy) is 1. The number of nitrogens with zero attached hydrogens (tertiary/aromatic N) is 2. The molecule has 0 unspecified atom stereocenters. The number of aromatic nitrogens is 2. The number of amides is 1. The van der Waals surface area contributed by atoms with Crippen LogP contribution in [0.15, 0.2) is 0 Å². The first kappa shape index (κ1) is 11.5. The highest BCUT2D eigenvalue weighted by molar-refractivity contribution is 6.31. The summed E-state index contributed by atoms with van der Waals surface area (Å²) >= 11 is 5.78. The van der Waals surface area contributed by atoms with Crippen molar-refractivity contribution in [2.24, 2.45) is 5.73 Å². The number of carbonyl (C=O) groups is 1. The summed E-state index contributed by atoms with van der Waals surface area (Å²) < 4.78 is 4.88. The predicted molar refractivity (Wildman–Crippen MR) is 56.3 cm³/mol. The minimum Gasteiger partial charge on any atom is -0.479 e. The zero-order chi connectivity index (χ0) is 11.4. The van der Waals surface area contributed by atoms with Crippen molar-refractivity contribution < 1.29 is 9.53 Å². The maximum absolute atomic E-state index is 11.0. The van der Waals surface area contributed by atoms with Gasteiger partial charge in [0.1, 0.15) is 0 Å². The van der Waals surface area contributed by atoms with E-state index >= 15 is 0 Å². The number of hydrogen-bond donors (Lipinski definition) is 2. The molecule has 1 heterocycles. The quantitative estimate of drug-likeness (QED) is 0.794. The van der Waals surface area contributed by atoms with E-state index in [1.54, 1.807) is 0 Å². The molecule has 0 bridgehead atoms. The average molecular weight is 231 g/mol. The van der Waals surface area contributed by atoms with Crippen LogP contribution in [0.5, 0.6) is 5.88 Å². The van der Waals surface area contributed by atoms with Crippen LogP contribution in [-0.4, -0.2) is 29.5 Å². The van der Waals surface area contributed by atoms with Gasteiger partial charge in [0.2, 0.25) is 5.88 Å². The van der Waals surface area contributed by atoms with Crippen molar-refractivity contribution in [3.8, 4) is 5.88 Å². The Morgan fingerprint density at radius 3 is 2.73 bits per heavy atom. The second-order valence-corrected chi connectivity index (χ2v) is 2.97. The number of hydrogen-bond acceptors (Lipinski definition) is 5. The Balaban J connectivity index is 3.22. The number of nitrogens with two attached hydrogens (primary N) is 1. The highest BCUT2D eigenvalue weighted by Gasteiger charge is 2.16. The molecule has 1 rings (SSSR count). The van der Waals surface area contributed by atoms with Gasteiger partial charge in [0.15, 0.2) is 16.7 Å². The van der Waals surface area contributed by atoms with E-state index in [1.807, 2.05) is 6.92 Å². The summed E-state index contributed by atoms with van der Waals surface area (Å²) in [6, 6.07) is 0. The first-order chi connectivity index (χ1) is 7.10. The summed E-state index contributed by atoms with van der Waals surface area (Å²) in [5, 5.41) is 2.97. The summed E-state index contributed by atoms with van der Waals surface area (Å²) in [5.74, 6) is -0.312. The molecule has 1 aromatic heterocycles. The van der Waals surface area contributed by atoms with E-state index in [4.69, 9.17) is 22.1 Å². The van der Waals surface area contributed by atoms with Crippen LogP contribution in [-0.2, 0) is 0 Å². The van der Waals surface area contributed by atoms with Crippen molar-refractivity contribution in [2.45, 2.75) is 6.92 Å². The van der Waals surface area contributed by atoms with Crippen LogP contribution >= 0.6 is 11.6 Å². The van der Waals surface area contributed by atoms with Gasteiger partial charge in [0, 0.05) is 6.54 Å². The number of rotatable bonds is 4. The number of anilines is 1. The second-order valence-electron chi connectivity index (χ2n) is 2.62. The van der Waals surface area contributed by atoms with Gasteiger partial charge in [-0.3, -0.25) is 4.79 Å². The first-order valence-electron chi connectivity index (χ1n) is 4.25. The van der Waals surface area contributed by atoms with E-state index in [1.165, 1.54) is 7.11 Å². The number of carbonyl (C=O) groups excluding carboxylic acids is 1. The molecule has 0 fully saturated rings. The van der Waals surface area contributed by atoms with Gasteiger partial charge < -0.3 is 15.8 Å². The lowest BCUT2D eigenvalue weighted by atomic mass is 10.4. The molecule has 15 heavy (non-hydrogen) atoms.